The normalized spacial score (nSPS) is 13.3. The standard InChI is InChI=1S/C7H15N3/c1-7(2,3)5(8)4-6(9)10/h4H,8H2,1-3H3,(H3,9,10). The van der Waals surface area contributed by atoms with Gasteiger partial charge in [0, 0.05) is 11.1 Å². The Labute approximate surface area is 61.6 Å². The van der Waals surface area contributed by atoms with Crippen LogP contribution in [-0.4, -0.2) is 5.84 Å². The maximum absolute atomic E-state index is 6.93. The lowest BCUT2D eigenvalue weighted by Crippen LogP contribution is -2.20. The summed E-state index contributed by atoms with van der Waals surface area (Å²) in [4.78, 5) is 0. The Balaban J connectivity index is 4.35. The molecule has 0 amide bonds. The average molecular weight is 141 g/mol. The molecule has 5 N–H and O–H groups in total. The third kappa shape index (κ3) is 3.12. The smallest absolute Gasteiger partial charge is 0.117 e. The highest BCUT2D eigenvalue weighted by Crippen LogP contribution is 2.19. The molecule has 0 saturated heterocycles. The number of hydrogen-bond acceptors (Lipinski definition) is 2. The van der Waals surface area contributed by atoms with Crippen LogP contribution in [0.1, 0.15) is 20.8 Å². The van der Waals surface area contributed by atoms with Crippen LogP contribution >= 0.6 is 0 Å². The minimum absolute atomic E-state index is 0.00688. The highest BCUT2D eigenvalue weighted by atomic mass is 14.7. The zero-order valence-electron chi connectivity index (χ0n) is 6.73. The van der Waals surface area contributed by atoms with Gasteiger partial charge in [-0.1, -0.05) is 20.8 Å². The van der Waals surface area contributed by atoms with Gasteiger partial charge in [0.1, 0.15) is 5.84 Å². The van der Waals surface area contributed by atoms with E-state index >= 15 is 0 Å². The van der Waals surface area contributed by atoms with Crippen molar-refractivity contribution in [2.75, 3.05) is 0 Å². The average Bonchev–Trinajstić information content (AvgIpc) is 1.60. The Bertz CT molecular complexity index is 162. The van der Waals surface area contributed by atoms with Crippen molar-refractivity contribution in [2.45, 2.75) is 20.8 Å². The Hall–Kier alpha value is -0.990. The van der Waals surface area contributed by atoms with Gasteiger partial charge in [0.05, 0.1) is 0 Å². The van der Waals surface area contributed by atoms with Gasteiger partial charge < -0.3 is 11.5 Å². The van der Waals surface area contributed by atoms with Crippen LogP contribution in [-0.2, 0) is 0 Å². The molecule has 0 aliphatic rings. The second kappa shape index (κ2) is 2.73. The highest BCUT2D eigenvalue weighted by molar-refractivity contribution is 5.89. The molecule has 3 heteroatoms. The third-order valence-corrected chi connectivity index (χ3v) is 1.18. The summed E-state index contributed by atoms with van der Waals surface area (Å²) in [6.45, 7) is 5.92. The van der Waals surface area contributed by atoms with Crippen molar-refractivity contribution >= 4 is 5.84 Å². The van der Waals surface area contributed by atoms with Gasteiger partial charge in [-0.2, -0.15) is 0 Å². The van der Waals surface area contributed by atoms with E-state index in [4.69, 9.17) is 16.9 Å². The lowest BCUT2D eigenvalue weighted by atomic mass is 9.92. The van der Waals surface area contributed by atoms with E-state index in [-0.39, 0.29) is 11.3 Å². The first-order valence-electron chi connectivity index (χ1n) is 3.15. The molecule has 0 radical (unpaired) electrons. The van der Waals surface area contributed by atoms with Crippen molar-refractivity contribution in [2.24, 2.45) is 16.9 Å². The van der Waals surface area contributed by atoms with Crippen LogP contribution in [0.25, 0.3) is 0 Å². The molecular formula is C7H15N3. The van der Waals surface area contributed by atoms with Crippen LogP contribution in [0.4, 0.5) is 0 Å². The van der Waals surface area contributed by atoms with Crippen molar-refractivity contribution < 1.29 is 0 Å². The van der Waals surface area contributed by atoms with Gasteiger partial charge in [-0.05, 0) is 6.08 Å². The maximum atomic E-state index is 6.93. The van der Waals surface area contributed by atoms with E-state index in [0.29, 0.717) is 5.70 Å². The van der Waals surface area contributed by atoms with Gasteiger partial charge in [-0.3, -0.25) is 5.41 Å². The first kappa shape index (κ1) is 9.01. The van der Waals surface area contributed by atoms with E-state index in [9.17, 15) is 0 Å². The molecule has 0 saturated carbocycles. The second-order valence-corrected chi connectivity index (χ2v) is 3.31. The topological polar surface area (TPSA) is 75.9 Å². The van der Waals surface area contributed by atoms with Crippen molar-refractivity contribution in [3.05, 3.63) is 11.8 Å². The fraction of sp³-hybridized carbons (Fsp3) is 0.571. The molecule has 0 aliphatic heterocycles. The minimum Gasteiger partial charge on any atom is -0.402 e. The number of allylic oxidation sites excluding steroid dienone is 1. The first-order chi connectivity index (χ1) is 4.34. The molecule has 0 spiro atoms. The summed E-state index contributed by atoms with van der Waals surface area (Å²) in [5.74, 6) is 0.00688. The Morgan fingerprint density at radius 1 is 1.30 bits per heavy atom. The number of amidine groups is 1. The fourth-order valence-electron chi connectivity index (χ4n) is 0.384. The van der Waals surface area contributed by atoms with Gasteiger partial charge in [-0.25, -0.2) is 0 Å². The second-order valence-electron chi connectivity index (χ2n) is 3.31. The van der Waals surface area contributed by atoms with Crippen LogP contribution < -0.4 is 11.5 Å². The van der Waals surface area contributed by atoms with Crippen LogP contribution in [0.3, 0.4) is 0 Å². The predicted molar refractivity (Wildman–Crippen MR) is 43.6 cm³/mol. The molecule has 0 bridgehead atoms. The number of hydrogen-bond donors (Lipinski definition) is 3. The van der Waals surface area contributed by atoms with Crippen LogP contribution in [0.2, 0.25) is 0 Å². The number of nitrogens with one attached hydrogen (secondary N) is 1. The fourth-order valence-corrected chi connectivity index (χ4v) is 0.384. The van der Waals surface area contributed by atoms with E-state index < -0.39 is 0 Å². The van der Waals surface area contributed by atoms with E-state index in [1.54, 1.807) is 0 Å². The number of nitrogens with two attached hydrogens (primary N) is 2. The summed E-state index contributed by atoms with van der Waals surface area (Å²) < 4.78 is 0. The molecule has 0 rings (SSSR count). The summed E-state index contributed by atoms with van der Waals surface area (Å²) in [5, 5.41) is 6.93. The Kier molecular flexibility index (Phi) is 2.46. The molecule has 3 nitrogen and oxygen atoms in total. The molecular weight excluding hydrogens is 126 g/mol. The predicted octanol–water partition coefficient (Wildman–Crippen LogP) is 0.811. The summed E-state index contributed by atoms with van der Waals surface area (Å²) >= 11 is 0. The van der Waals surface area contributed by atoms with Crippen LogP contribution in [0.5, 0.6) is 0 Å². The molecule has 0 unspecified atom stereocenters. The first-order valence-corrected chi connectivity index (χ1v) is 3.15. The van der Waals surface area contributed by atoms with Crippen LogP contribution in [0, 0.1) is 10.8 Å². The highest BCUT2D eigenvalue weighted by Gasteiger charge is 2.12. The molecule has 58 valence electrons. The summed E-state index contributed by atoms with van der Waals surface area (Å²) in [5.41, 5.74) is 11.3. The SMILES string of the molecule is CC(C)(C)C(N)=CC(=N)N. The number of rotatable bonds is 1. The van der Waals surface area contributed by atoms with Crippen molar-refractivity contribution in [1.82, 2.24) is 0 Å². The minimum atomic E-state index is -0.0916. The molecule has 10 heavy (non-hydrogen) atoms. The lowest BCUT2D eigenvalue weighted by Gasteiger charge is -2.18. The van der Waals surface area contributed by atoms with Gasteiger partial charge >= 0.3 is 0 Å². The molecule has 0 fully saturated rings. The lowest BCUT2D eigenvalue weighted by molar-refractivity contribution is 0.498. The zero-order chi connectivity index (χ0) is 8.36. The van der Waals surface area contributed by atoms with Crippen LogP contribution in [0.15, 0.2) is 11.8 Å². The summed E-state index contributed by atoms with van der Waals surface area (Å²) in [6.07, 6.45) is 1.47. The van der Waals surface area contributed by atoms with E-state index in [0.717, 1.165) is 0 Å². The summed E-state index contributed by atoms with van der Waals surface area (Å²) in [7, 11) is 0. The van der Waals surface area contributed by atoms with Gasteiger partial charge in [0.25, 0.3) is 0 Å². The third-order valence-electron chi connectivity index (χ3n) is 1.18. The quantitative estimate of drug-likeness (QED) is 0.373. The molecule has 0 atom stereocenters. The van der Waals surface area contributed by atoms with Crippen molar-refractivity contribution in [3.63, 3.8) is 0 Å². The zero-order valence-corrected chi connectivity index (χ0v) is 6.73. The summed E-state index contributed by atoms with van der Waals surface area (Å²) in [6, 6.07) is 0. The van der Waals surface area contributed by atoms with Gasteiger partial charge in [0.2, 0.25) is 0 Å². The van der Waals surface area contributed by atoms with Crippen molar-refractivity contribution in [3.8, 4) is 0 Å². The molecule has 0 aromatic heterocycles. The van der Waals surface area contributed by atoms with E-state index in [1.165, 1.54) is 6.08 Å². The molecule has 0 aromatic carbocycles. The Morgan fingerprint density at radius 2 is 1.70 bits per heavy atom. The van der Waals surface area contributed by atoms with E-state index in [2.05, 4.69) is 0 Å². The molecule has 0 aliphatic carbocycles. The Morgan fingerprint density at radius 3 is 1.80 bits per heavy atom. The molecule has 0 heterocycles. The maximum Gasteiger partial charge on any atom is 0.117 e. The largest absolute Gasteiger partial charge is 0.402 e. The molecule has 0 aromatic rings. The van der Waals surface area contributed by atoms with E-state index in [1.807, 2.05) is 20.8 Å². The van der Waals surface area contributed by atoms with Gasteiger partial charge in [0.15, 0.2) is 0 Å². The monoisotopic (exact) mass is 141 g/mol. The van der Waals surface area contributed by atoms with Crippen molar-refractivity contribution in [1.29, 1.82) is 5.41 Å². The van der Waals surface area contributed by atoms with Gasteiger partial charge in [-0.15, -0.1) is 0 Å².